The van der Waals surface area contributed by atoms with Crippen LogP contribution in [-0.4, -0.2) is 37.0 Å². The molecule has 0 saturated heterocycles. The van der Waals surface area contributed by atoms with Crippen LogP contribution in [0.3, 0.4) is 0 Å². The maximum absolute atomic E-state index is 12.6. The van der Waals surface area contributed by atoms with Crippen molar-refractivity contribution in [2.45, 2.75) is 46.9 Å². The van der Waals surface area contributed by atoms with Crippen LogP contribution in [0.2, 0.25) is 0 Å². The predicted molar refractivity (Wildman–Crippen MR) is 155 cm³/mol. The highest BCUT2D eigenvalue weighted by atomic mass is 19.4. The third kappa shape index (κ3) is 13.3. The van der Waals surface area contributed by atoms with Crippen molar-refractivity contribution in [2.75, 3.05) is 13.1 Å². The van der Waals surface area contributed by atoms with Crippen molar-refractivity contribution in [1.29, 1.82) is 0 Å². The molecule has 4 rings (SSSR count). The lowest BCUT2D eigenvalue weighted by atomic mass is 10.1. The Morgan fingerprint density at radius 3 is 2.19 bits per heavy atom. The molecule has 0 aliphatic carbocycles. The van der Waals surface area contributed by atoms with Crippen LogP contribution in [0.1, 0.15) is 48.0 Å². The van der Waals surface area contributed by atoms with Gasteiger partial charge in [-0.1, -0.05) is 68.8 Å². The van der Waals surface area contributed by atoms with E-state index in [1.54, 1.807) is 12.1 Å². The van der Waals surface area contributed by atoms with Crippen LogP contribution in [-0.2, 0) is 17.4 Å². The van der Waals surface area contributed by atoms with Gasteiger partial charge in [-0.3, -0.25) is 9.59 Å². The van der Waals surface area contributed by atoms with Crippen LogP contribution in [0.4, 0.5) is 22.0 Å². The van der Waals surface area contributed by atoms with E-state index in [9.17, 15) is 31.5 Å². The zero-order valence-electron chi connectivity index (χ0n) is 23.9. The van der Waals surface area contributed by atoms with E-state index in [-0.39, 0.29) is 24.5 Å². The number of halogens is 5. The second-order valence-electron chi connectivity index (χ2n) is 8.34. The van der Waals surface area contributed by atoms with Crippen molar-refractivity contribution in [1.82, 2.24) is 15.6 Å². The smallest absolute Gasteiger partial charge is 0.416 e. The number of H-pyrrole nitrogens is 1. The highest BCUT2D eigenvalue weighted by Crippen LogP contribution is 2.31. The molecule has 3 N–H and O–H groups in total. The van der Waals surface area contributed by atoms with Crippen LogP contribution in [0.15, 0.2) is 78.9 Å². The lowest BCUT2D eigenvalue weighted by Crippen LogP contribution is -2.31. The number of benzene rings is 3. The van der Waals surface area contributed by atoms with Crippen molar-refractivity contribution in [3.05, 3.63) is 101 Å². The SMILES string of the molecule is CC.CCc1cccc(OC(F)F)c1.Cc1ccccc1.O=CNCCNC(=O)c1cc2cc(C(F)(F)F)ccc2[nH]1. The summed E-state index contributed by atoms with van der Waals surface area (Å²) in [6.45, 7) is 5.80. The van der Waals surface area contributed by atoms with E-state index in [4.69, 9.17) is 0 Å². The molecule has 0 bridgehead atoms. The molecule has 0 fully saturated rings. The monoisotopic (exact) mass is 593 g/mol. The standard InChI is InChI=1S/C13H12F3N3O2.C9H10F2O.C7H8.C2H6/c14-13(15,16)9-1-2-10-8(5-9)6-11(19-10)12(21)18-4-3-17-7-20;1-2-7-4-3-5-8(6-7)12-9(10)11;1-7-5-3-2-4-6-7;1-2/h1-2,5-7,19H,3-4H2,(H,17,20)(H,18,21);3-6,9H,2H2,1H3;2-6H,1H3;1-2H3. The van der Waals surface area contributed by atoms with E-state index in [1.807, 2.05) is 45.0 Å². The molecule has 0 aliphatic heterocycles. The largest absolute Gasteiger partial charge is 0.435 e. The molecule has 0 saturated carbocycles. The highest BCUT2D eigenvalue weighted by Gasteiger charge is 2.30. The van der Waals surface area contributed by atoms with Crippen LogP contribution < -0.4 is 15.4 Å². The van der Waals surface area contributed by atoms with Gasteiger partial charge in [-0.25, -0.2) is 0 Å². The van der Waals surface area contributed by atoms with Gasteiger partial charge in [0.05, 0.1) is 5.56 Å². The minimum Gasteiger partial charge on any atom is -0.435 e. The van der Waals surface area contributed by atoms with E-state index >= 15 is 0 Å². The Labute approximate surface area is 242 Å². The first-order chi connectivity index (χ1) is 20.0. The maximum atomic E-state index is 12.6. The summed E-state index contributed by atoms with van der Waals surface area (Å²) in [7, 11) is 0. The molecule has 6 nitrogen and oxygen atoms in total. The molecule has 1 aromatic heterocycles. The molecule has 228 valence electrons. The van der Waals surface area contributed by atoms with E-state index in [2.05, 4.69) is 39.4 Å². The number of fused-ring (bicyclic) bond motifs is 1. The average Bonchev–Trinajstić information content (AvgIpc) is 3.41. The van der Waals surface area contributed by atoms with Crippen LogP contribution in [0.5, 0.6) is 5.75 Å². The van der Waals surface area contributed by atoms with Gasteiger partial charge in [-0.05, 0) is 55.3 Å². The second kappa shape index (κ2) is 18.8. The topological polar surface area (TPSA) is 83.2 Å². The number of aryl methyl sites for hydroxylation is 2. The van der Waals surface area contributed by atoms with Gasteiger partial charge in [-0.2, -0.15) is 22.0 Å². The first kappa shape index (κ1) is 35.6. The average molecular weight is 594 g/mol. The van der Waals surface area contributed by atoms with Crippen molar-refractivity contribution in [3.63, 3.8) is 0 Å². The summed E-state index contributed by atoms with van der Waals surface area (Å²) >= 11 is 0. The minimum absolute atomic E-state index is 0.162. The molecule has 0 atom stereocenters. The Morgan fingerprint density at radius 1 is 0.952 bits per heavy atom. The van der Waals surface area contributed by atoms with Crippen molar-refractivity contribution in [3.8, 4) is 5.75 Å². The zero-order valence-corrected chi connectivity index (χ0v) is 23.9. The molecule has 1 heterocycles. The Morgan fingerprint density at radius 2 is 1.64 bits per heavy atom. The summed E-state index contributed by atoms with van der Waals surface area (Å²) in [5, 5.41) is 5.21. The van der Waals surface area contributed by atoms with Gasteiger partial charge in [0, 0.05) is 24.0 Å². The van der Waals surface area contributed by atoms with E-state index in [0.29, 0.717) is 17.3 Å². The molecular formula is C31H36F5N3O3. The van der Waals surface area contributed by atoms with E-state index < -0.39 is 24.3 Å². The summed E-state index contributed by atoms with van der Waals surface area (Å²) in [5.74, 6) is -0.225. The van der Waals surface area contributed by atoms with Gasteiger partial charge >= 0.3 is 12.8 Å². The summed E-state index contributed by atoms with van der Waals surface area (Å²) in [4.78, 5) is 24.6. The molecule has 0 unspecified atom stereocenters. The van der Waals surface area contributed by atoms with Gasteiger partial charge in [0.2, 0.25) is 6.41 Å². The van der Waals surface area contributed by atoms with E-state index in [0.717, 1.165) is 24.1 Å². The quantitative estimate of drug-likeness (QED) is 0.112. The molecule has 0 aliphatic rings. The van der Waals surface area contributed by atoms with Crippen LogP contribution >= 0.6 is 0 Å². The number of carbonyl (C=O) groups excluding carboxylic acids is 2. The summed E-state index contributed by atoms with van der Waals surface area (Å²) in [5.41, 5.74) is 2.15. The van der Waals surface area contributed by atoms with Gasteiger partial charge in [0.25, 0.3) is 5.91 Å². The number of nitrogens with one attached hydrogen (secondary N) is 3. The number of ether oxygens (including phenoxy) is 1. The maximum Gasteiger partial charge on any atom is 0.416 e. The number of aromatic nitrogens is 1. The van der Waals surface area contributed by atoms with Crippen molar-refractivity contribution < 1.29 is 36.3 Å². The number of hydrogen-bond acceptors (Lipinski definition) is 3. The molecular weight excluding hydrogens is 557 g/mol. The Balaban J connectivity index is 0.000000351. The van der Waals surface area contributed by atoms with E-state index in [1.165, 1.54) is 23.8 Å². The zero-order chi connectivity index (χ0) is 31.5. The Kier molecular flexibility index (Phi) is 16.0. The lowest BCUT2D eigenvalue weighted by Gasteiger charge is -2.05. The van der Waals surface area contributed by atoms with Gasteiger partial charge in [-0.15, -0.1) is 0 Å². The van der Waals surface area contributed by atoms with Gasteiger partial charge < -0.3 is 20.4 Å². The number of alkyl halides is 5. The fraction of sp³-hybridized carbons (Fsp3) is 0.290. The molecule has 2 amide bonds. The summed E-state index contributed by atoms with van der Waals surface area (Å²) < 4.78 is 65.5. The Hall–Kier alpha value is -4.41. The summed E-state index contributed by atoms with van der Waals surface area (Å²) in [6.07, 6.45) is -3.09. The highest BCUT2D eigenvalue weighted by molar-refractivity contribution is 5.98. The molecule has 0 radical (unpaired) electrons. The number of aromatic amines is 1. The third-order valence-electron chi connectivity index (χ3n) is 5.30. The normalized spacial score (nSPS) is 10.2. The van der Waals surface area contributed by atoms with Crippen molar-refractivity contribution >= 4 is 23.2 Å². The first-order valence-electron chi connectivity index (χ1n) is 13.2. The summed E-state index contributed by atoms with van der Waals surface area (Å²) in [6, 6.07) is 21.5. The molecule has 4 aromatic rings. The molecule has 42 heavy (non-hydrogen) atoms. The second-order valence-corrected chi connectivity index (χ2v) is 8.34. The Bertz CT molecular complexity index is 1340. The number of rotatable bonds is 8. The van der Waals surface area contributed by atoms with Crippen molar-refractivity contribution in [2.24, 2.45) is 0 Å². The predicted octanol–water partition coefficient (Wildman–Crippen LogP) is 7.53. The third-order valence-corrected chi connectivity index (χ3v) is 5.30. The first-order valence-corrected chi connectivity index (χ1v) is 13.2. The fourth-order valence-electron chi connectivity index (χ4n) is 3.31. The van der Waals surface area contributed by atoms with Crippen LogP contribution in [0.25, 0.3) is 10.9 Å². The lowest BCUT2D eigenvalue weighted by molar-refractivity contribution is -0.137. The molecule has 3 aromatic carbocycles. The van der Waals surface area contributed by atoms with Gasteiger partial charge in [0.1, 0.15) is 11.4 Å². The fourth-order valence-corrected chi connectivity index (χ4v) is 3.31. The minimum atomic E-state index is -4.42. The molecule has 0 spiro atoms. The number of carbonyl (C=O) groups is 2. The van der Waals surface area contributed by atoms with Gasteiger partial charge in [0.15, 0.2) is 0 Å². The number of amides is 2. The molecule has 11 heteroatoms. The van der Waals surface area contributed by atoms with Crippen LogP contribution in [0, 0.1) is 6.92 Å². The number of hydrogen-bond donors (Lipinski definition) is 3.